The molecular weight excluding hydrogens is 386 g/mol. The summed E-state index contributed by atoms with van der Waals surface area (Å²) in [6.07, 6.45) is 4.59. The lowest BCUT2D eigenvalue weighted by molar-refractivity contribution is 0.316. The zero-order chi connectivity index (χ0) is 19.2. The lowest BCUT2D eigenvalue weighted by Gasteiger charge is -2.30. The monoisotopic (exact) mass is 405 g/mol. The maximum absolute atomic E-state index is 12.8. The van der Waals surface area contributed by atoms with Crippen LogP contribution in [0.5, 0.6) is 0 Å². The van der Waals surface area contributed by atoms with Crippen LogP contribution in [0.2, 0.25) is 5.02 Å². The van der Waals surface area contributed by atoms with Crippen LogP contribution in [-0.2, 0) is 17.1 Å². The fourth-order valence-corrected chi connectivity index (χ4v) is 5.06. The summed E-state index contributed by atoms with van der Waals surface area (Å²) in [6, 6.07) is 5.79. The summed E-state index contributed by atoms with van der Waals surface area (Å²) in [5.41, 5.74) is 1.61. The Labute approximate surface area is 163 Å². The van der Waals surface area contributed by atoms with Gasteiger partial charge in [-0.3, -0.25) is 0 Å². The van der Waals surface area contributed by atoms with Gasteiger partial charge in [0.15, 0.2) is 10.7 Å². The normalized spacial score (nSPS) is 16.9. The molecule has 0 N–H and O–H groups in total. The molecule has 0 amide bonds. The average Bonchev–Trinajstić information content (AvgIpc) is 3.01. The van der Waals surface area contributed by atoms with Gasteiger partial charge in [0, 0.05) is 49.5 Å². The second-order valence-corrected chi connectivity index (χ2v) is 9.17. The standard InChI is InChI=1S/C18H20ClN5O2S/c1-12-21-17(11-23(12)2)27(25,26)24-7-5-13(6-8-24)16-4-3-14-9-15(19)10-20-18(14)22-16/h3-4,9-11,13H,5-8H2,1-2H3. The van der Waals surface area contributed by atoms with E-state index < -0.39 is 10.0 Å². The van der Waals surface area contributed by atoms with Gasteiger partial charge in [-0.25, -0.2) is 23.4 Å². The van der Waals surface area contributed by atoms with Crippen molar-refractivity contribution >= 4 is 32.7 Å². The van der Waals surface area contributed by atoms with Crippen molar-refractivity contribution in [1.29, 1.82) is 0 Å². The number of fused-ring (bicyclic) bond motifs is 1. The quantitative estimate of drug-likeness (QED) is 0.669. The molecule has 7 nitrogen and oxygen atoms in total. The Morgan fingerprint density at radius 1 is 1.19 bits per heavy atom. The minimum atomic E-state index is -3.55. The van der Waals surface area contributed by atoms with E-state index in [0.717, 1.165) is 23.9 Å². The Kier molecular flexibility index (Phi) is 4.65. The van der Waals surface area contributed by atoms with Gasteiger partial charge in [-0.2, -0.15) is 4.31 Å². The summed E-state index contributed by atoms with van der Waals surface area (Å²) >= 11 is 5.97. The van der Waals surface area contributed by atoms with E-state index in [9.17, 15) is 8.42 Å². The van der Waals surface area contributed by atoms with E-state index in [1.54, 1.807) is 30.9 Å². The third-order valence-corrected chi connectivity index (χ3v) is 7.07. The highest BCUT2D eigenvalue weighted by Gasteiger charge is 2.32. The van der Waals surface area contributed by atoms with Crippen LogP contribution in [0.15, 0.2) is 35.6 Å². The van der Waals surface area contributed by atoms with Gasteiger partial charge in [-0.15, -0.1) is 0 Å². The Balaban J connectivity index is 1.51. The van der Waals surface area contributed by atoms with Gasteiger partial charge in [0.2, 0.25) is 0 Å². The van der Waals surface area contributed by atoms with E-state index in [0.29, 0.717) is 29.6 Å². The zero-order valence-electron chi connectivity index (χ0n) is 15.1. The van der Waals surface area contributed by atoms with Crippen LogP contribution in [-0.4, -0.2) is 45.3 Å². The molecule has 1 aliphatic rings. The van der Waals surface area contributed by atoms with Crippen molar-refractivity contribution in [1.82, 2.24) is 23.8 Å². The zero-order valence-corrected chi connectivity index (χ0v) is 16.7. The fraction of sp³-hybridized carbons (Fsp3) is 0.389. The summed E-state index contributed by atoms with van der Waals surface area (Å²) in [6.45, 7) is 2.70. The van der Waals surface area contributed by atoms with Crippen LogP contribution in [0.4, 0.5) is 0 Å². The number of aryl methyl sites for hydroxylation is 2. The molecule has 0 unspecified atom stereocenters. The van der Waals surface area contributed by atoms with Crippen LogP contribution in [0.25, 0.3) is 11.0 Å². The molecule has 27 heavy (non-hydrogen) atoms. The Morgan fingerprint density at radius 3 is 2.59 bits per heavy atom. The number of rotatable bonds is 3. The van der Waals surface area contributed by atoms with Gasteiger partial charge in [-0.1, -0.05) is 11.6 Å². The number of hydrogen-bond acceptors (Lipinski definition) is 5. The lowest BCUT2D eigenvalue weighted by Crippen LogP contribution is -2.38. The van der Waals surface area contributed by atoms with Gasteiger partial charge < -0.3 is 4.57 Å². The summed E-state index contributed by atoms with van der Waals surface area (Å²) < 4.78 is 28.9. The minimum absolute atomic E-state index is 0.117. The van der Waals surface area contributed by atoms with Crippen LogP contribution in [0.3, 0.4) is 0 Å². The van der Waals surface area contributed by atoms with Crippen molar-refractivity contribution in [2.45, 2.75) is 30.7 Å². The van der Waals surface area contributed by atoms with E-state index in [2.05, 4.69) is 15.0 Å². The molecule has 3 aromatic heterocycles. The summed E-state index contributed by atoms with van der Waals surface area (Å²) in [4.78, 5) is 13.1. The molecule has 0 bridgehead atoms. The van der Waals surface area contributed by atoms with Crippen molar-refractivity contribution in [3.8, 4) is 0 Å². The number of aromatic nitrogens is 4. The first-order valence-corrected chi connectivity index (χ1v) is 10.6. The maximum Gasteiger partial charge on any atom is 0.262 e. The number of piperidine rings is 1. The largest absolute Gasteiger partial charge is 0.337 e. The summed E-state index contributed by atoms with van der Waals surface area (Å²) in [7, 11) is -1.76. The highest BCUT2D eigenvalue weighted by Crippen LogP contribution is 2.30. The van der Waals surface area contributed by atoms with Gasteiger partial charge >= 0.3 is 0 Å². The molecule has 0 aliphatic carbocycles. The summed E-state index contributed by atoms with van der Waals surface area (Å²) in [5, 5.41) is 1.60. The second-order valence-electron chi connectivity index (χ2n) is 6.85. The molecule has 0 radical (unpaired) electrons. The number of pyridine rings is 2. The SMILES string of the molecule is Cc1nc(S(=O)(=O)N2CCC(c3ccc4cc(Cl)cnc4n3)CC2)cn1C. The van der Waals surface area contributed by atoms with E-state index in [4.69, 9.17) is 11.6 Å². The predicted octanol–water partition coefficient (Wildman–Crippen LogP) is 2.89. The molecule has 0 saturated carbocycles. The van der Waals surface area contributed by atoms with Crippen molar-refractivity contribution in [3.05, 3.63) is 47.1 Å². The molecule has 1 fully saturated rings. The third-order valence-electron chi connectivity index (χ3n) is 5.09. The highest BCUT2D eigenvalue weighted by atomic mass is 35.5. The molecule has 0 aromatic carbocycles. The molecule has 1 aliphatic heterocycles. The van der Waals surface area contributed by atoms with Crippen molar-refractivity contribution in [2.75, 3.05) is 13.1 Å². The molecule has 0 atom stereocenters. The predicted molar refractivity (Wildman–Crippen MR) is 103 cm³/mol. The first kappa shape index (κ1) is 18.3. The number of imidazole rings is 1. The fourth-order valence-electron chi connectivity index (χ4n) is 3.40. The highest BCUT2D eigenvalue weighted by molar-refractivity contribution is 7.89. The summed E-state index contributed by atoms with van der Waals surface area (Å²) in [5.74, 6) is 0.889. The maximum atomic E-state index is 12.8. The third kappa shape index (κ3) is 3.44. The lowest BCUT2D eigenvalue weighted by atomic mass is 9.94. The number of nitrogens with zero attached hydrogens (tertiary/aromatic N) is 5. The number of sulfonamides is 1. The van der Waals surface area contributed by atoms with E-state index in [1.165, 1.54) is 4.31 Å². The van der Waals surface area contributed by atoms with Crippen molar-refractivity contribution < 1.29 is 8.42 Å². The Hall–Kier alpha value is -2.03. The second kappa shape index (κ2) is 6.85. The van der Waals surface area contributed by atoms with Gasteiger partial charge in [0.25, 0.3) is 10.0 Å². The molecule has 1 saturated heterocycles. The molecule has 4 rings (SSSR count). The molecule has 0 spiro atoms. The molecule has 4 heterocycles. The average molecular weight is 406 g/mol. The topological polar surface area (TPSA) is 81.0 Å². The van der Waals surface area contributed by atoms with E-state index >= 15 is 0 Å². The van der Waals surface area contributed by atoms with Crippen LogP contribution in [0.1, 0.15) is 30.3 Å². The van der Waals surface area contributed by atoms with Gasteiger partial charge in [0.1, 0.15) is 5.82 Å². The molecular formula is C18H20ClN5O2S. The molecule has 9 heteroatoms. The Morgan fingerprint density at radius 2 is 1.93 bits per heavy atom. The minimum Gasteiger partial charge on any atom is -0.337 e. The van der Waals surface area contributed by atoms with Gasteiger partial charge in [0.05, 0.1) is 5.02 Å². The molecule has 142 valence electrons. The van der Waals surface area contributed by atoms with Crippen LogP contribution >= 0.6 is 11.6 Å². The number of hydrogen-bond donors (Lipinski definition) is 0. The Bertz CT molecular complexity index is 1080. The van der Waals surface area contributed by atoms with Crippen LogP contribution in [0, 0.1) is 6.92 Å². The van der Waals surface area contributed by atoms with E-state index in [-0.39, 0.29) is 10.9 Å². The number of halogens is 1. The van der Waals surface area contributed by atoms with Crippen molar-refractivity contribution in [2.24, 2.45) is 7.05 Å². The molecule has 3 aromatic rings. The van der Waals surface area contributed by atoms with Crippen LogP contribution < -0.4 is 0 Å². The first-order chi connectivity index (χ1) is 12.8. The first-order valence-electron chi connectivity index (χ1n) is 8.77. The smallest absolute Gasteiger partial charge is 0.262 e. The van der Waals surface area contributed by atoms with Gasteiger partial charge in [-0.05, 0) is 38.0 Å². The van der Waals surface area contributed by atoms with E-state index in [1.807, 2.05) is 18.2 Å². The van der Waals surface area contributed by atoms with Crippen molar-refractivity contribution in [3.63, 3.8) is 0 Å².